The van der Waals surface area contributed by atoms with Gasteiger partial charge in [0.05, 0.1) is 0 Å². The normalized spacial score (nSPS) is 18.2. The summed E-state index contributed by atoms with van der Waals surface area (Å²) in [6.45, 7) is 1.68. The van der Waals surface area contributed by atoms with Crippen molar-refractivity contribution in [3.05, 3.63) is 24.0 Å². The smallest absolute Gasteiger partial charge is 0.321 e. The average Bonchev–Trinajstić information content (AvgIpc) is 1.81. The van der Waals surface area contributed by atoms with Crippen molar-refractivity contribution in [3.8, 4) is 0 Å². The molecule has 0 aromatic carbocycles. The van der Waals surface area contributed by atoms with Gasteiger partial charge in [0.2, 0.25) is 0 Å². The summed E-state index contributed by atoms with van der Waals surface area (Å²) in [7, 11) is -9.26. The van der Waals surface area contributed by atoms with Crippen LogP contribution in [0.3, 0.4) is 0 Å². The van der Waals surface area contributed by atoms with Crippen LogP contribution in [0.15, 0.2) is 24.0 Å². The van der Waals surface area contributed by atoms with Gasteiger partial charge in [-0.05, 0) is 6.92 Å². The Balaban J connectivity index is 4.43. The highest BCUT2D eigenvalue weighted by Crippen LogP contribution is 2.57. The lowest BCUT2D eigenvalue weighted by atomic mass is 10.5. The molecular weight excluding hydrogens is 218 g/mol. The average molecular weight is 228 g/mol. The molecule has 6 nitrogen and oxygen atoms in total. The fourth-order valence-electron chi connectivity index (χ4n) is 0.449. The first-order valence-electron chi connectivity index (χ1n) is 3.17. The van der Waals surface area contributed by atoms with Crippen molar-refractivity contribution in [2.24, 2.45) is 0 Å². The van der Waals surface area contributed by atoms with Gasteiger partial charge in [-0.25, -0.2) is 8.88 Å². The van der Waals surface area contributed by atoms with Crippen LogP contribution in [-0.4, -0.2) is 14.7 Å². The molecular formula is C5H10O6P2. The summed E-state index contributed by atoms with van der Waals surface area (Å²) < 4.78 is 24.6. The van der Waals surface area contributed by atoms with Crippen LogP contribution in [0.5, 0.6) is 0 Å². The molecule has 0 aliphatic carbocycles. The minimum absolute atomic E-state index is 0.687. The Labute approximate surface area is 75.3 Å². The van der Waals surface area contributed by atoms with E-state index in [2.05, 4.69) is 4.31 Å². The third-order valence-electron chi connectivity index (χ3n) is 0.801. The summed E-state index contributed by atoms with van der Waals surface area (Å²) in [4.78, 5) is 25.2. The van der Waals surface area contributed by atoms with E-state index in [1.54, 1.807) is 13.0 Å². The topological polar surface area (TPSA) is 104 Å². The van der Waals surface area contributed by atoms with Crippen molar-refractivity contribution in [3.63, 3.8) is 0 Å². The molecule has 0 aromatic rings. The maximum Gasteiger partial charge on any atom is 0.477 e. The van der Waals surface area contributed by atoms with Crippen molar-refractivity contribution < 1.29 is 28.1 Å². The molecule has 0 radical (unpaired) electrons. The molecule has 0 amide bonds. The molecule has 1 unspecified atom stereocenters. The number of hydrogen-bond donors (Lipinski definition) is 3. The van der Waals surface area contributed by atoms with E-state index in [0.29, 0.717) is 5.82 Å². The summed E-state index contributed by atoms with van der Waals surface area (Å²) in [6.07, 6.45) is 4.16. The van der Waals surface area contributed by atoms with E-state index >= 15 is 0 Å². The molecule has 0 saturated carbocycles. The Kier molecular flexibility index (Phi) is 4.78. The first kappa shape index (κ1) is 12.8. The standard InChI is InChI=1S/C5H10O6P2/c1-2-3-4-5-12(6,7)11-13(8,9)10/h2-5H,1H3,(H,6,7)(H2,8,9,10)/b3-2+,5-4+. The van der Waals surface area contributed by atoms with Crippen molar-refractivity contribution >= 4 is 15.4 Å². The molecule has 3 N–H and O–H groups in total. The SMILES string of the molecule is C/C=C/C=C/P(=O)(O)OP(=O)(O)O. The first-order chi connectivity index (χ1) is 5.77. The van der Waals surface area contributed by atoms with E-state index in [4.69, 9.17) is 14.7 Å². The maximum atomic E-state index is 10.8. The van der Waals surface area contributed by atoms with Crippen LogP contribution >= 0.6 is 15.4 Å². The van der Waals surface area contributed by atoms with Crippen molar-refractivity contribution in [1.29, 1.82) is 0 Å². The summed E-state index contributed by atoms with van der Waals surface area (Å²) in [5, 5.41) is 0. The minimum atomic E-state index is -4.92. The highest BCUT2D eigenvalue weighted by atomic mass is 31.3. The van der Waals surface area contributed by atoms with E-state index in [1.807, 2.05) is 0 Å². The van der Waals surface area contributed by atoms with Crippen LogP contribution < -0.4 is 0 Å². The zero-order valence-corrected chi connectivity index (χ0v) is 8.56. The first-order valence-corrected chi connectivity index (χ1v) is 6.34. The zero-order chi connectivity index (χ0) is 10.5. The van der Waals surface area contributed by atoms with Crippen LogP contribution in [0.4, 0.5) is 0 Å². The molecule has 0 heterocycles. The summed E-state index contributed by atoms with van der Waals surface area (Å²) in [5.74, 6) is 0.687. The fraction of sp³-hybridized carbons (Fsp3) is 0.200. The predicted molar refractivity (Wildman–Crippen MR) is 46.9 cm³/mol. The third-order valence-corrected chi connectivity index (χ3v) is 3.14. The highest BCUT2D eigenvalue weighted by molar-refractivity contribution is 7.65. The van der Waals surface area contributed by atoms with E-state index < -0.39 is 15.4 Å². The summed E-state index contributed by atoms with van der Waals surface area (Å²) in [6, 6.07) is 0. The summed E-state index contributed by atoms with van der Waals surface area (Å²) >= 11 is 0. The second kappa shape index (κ2) is 4.86. The van der Waals surface area contributed by atoms with Crippen LogP contribution in [0.1, 0.15) is 6.92 Å². The monoisotopic (exact) mass is 228 g/mol. The van der Waals surface area contributed by atoms with Gasteiger partial charge in [-0.1, -0.05) is 18.2 Å². The highest BCUT2D eigenvalue weighted by Gasteiger charge is 2.27. The largest absolute Gasteiger partial charge is 0.477 e. The molecule has 0 saturated heterocycles. The van der Waals surface area contributed by atoms with E-state index in [-0.39, 0.29) is 0 Å². The number of allylic oxidation sites excluding steroid dienone is 3. The molecule has 0 aliphatic heterocycles. The Bertz CT molecular complexity index is 300. The van der Waals surface area contributed by atoms with Crippen molar-refractivity contribution in [2.45, 2.75) is 6.92 Å². The van der Waals surface area contributed by atoms with Gasteiger partial charge in [-0.2, -0.15) is 0 Å². The zero-order valence-electron chi connectivity index (χ0n) is 6.77. The Morgan fingerprint density at radius 1 is 1.15 bits per heavy atom. The lowest BCUT2D eigenvalue weighted by molar-refractivity contribution is 0.267. The lowest BCUT2D eigenvalue weighted by Crippen LogP contribution is -1.83. The molecule has 8 heteroatoms. The quantitative estimate of drug-likeness (QED) is 0.495. The maximum absolute atomic E-state index is 10.8. The number of hydrogen-bond acceptors (Lipinski definition) is 3. The van der Waals surface area contributed by atoms with Crippen LogP contribution in [0.25, 0.3) is 0 Å². The van der Waals surface area contributed by atoms with Gasteiger partial charge < -0.3 is 14.7 Å². The van der Waals surface area contributed by atoms with Crippen LogP contribution in [0, 0.1) is 0 Å². The number of phosphoric acid groups is 1. The Hall–Kier alpha value is -0.220. The fourth-order valence-corrected chi connectivity index (χ4v) is 2.20. The van der Waals surface area contributed by atoms with Gasteiger partial charge in [0, 0.05) is 5.82 Å². The molecule has 0 spiro atoms. The van der Waals surface area contributed by atoms with E-state index in [0.717, 1.165) is 6.08 Å². The predicted octanol–water partition coefficient (Wildman–Crippen LogP) is 1.37. The molecule has 0 aromatic heterocycles. The van der Waals surface area contributed by atoms with Crippen LogP contribution in [0.2, 0.25) is 0 Å². The van der Waals surface area contributed by atoms with Crippen LogP contribution in [-0.2, 0) is 13.4 Å². The van der Waals surface area contributed by atoms with Gasteiger partial charge >= 0.3 is 15.4 Å². The van der Waals surface area contributed by atoms with Gasteiger partial charge in [0.15, 0.2) is 0 Å². The van der Waals surface area contributed by atoms with Crippen molar-refractivity contribution in [2.75, 3.05) is 0 Å². The molecule has 1 atom stereocenters. The second-order valence-corrected chi connectivity index (χ2v) is 5.06. The lowest BCUT2D eigenvalue weighted by Gasteiger charge is -2.07. The molecule has 0 fully saturated rings. The minimum Gasteiger partial charge on any atom is -0.321 e. The van der Waals surface area contributed by atoms with Gasteiger partial charge in [-0.3, -0.25) is 4.57 Å². The number of rotatable bonds is 4. The molecule has 76 valence electrons. The van der Waals surface area contributed by atoms with E-state index in [1.165, 1.54) is 6.08 Å². The summed E-state index contributed by atoms with van der Waals surface area (Å²) in [5.41, 5.74) is 0. The van der Waals surface area contributed by atoms with Gasteiger partial charge in [-0.15, -0.1) is 0 Å². The van der Waals surface area contributed by atoms with Gasteiger partial charge in [0.25, 0.3) is 0 Å². The Morgan fingerprint density at radius 2 is 1.69 bits per heavy atom. The second-order valence-electron chi connectivity index (χ2n) is 2.00. The molecule has 0 aliphatic rings. The molecule has 0 rings (SSSR count). The Morgan fingerprint density at radius 3 is 2.08 bits per heavy atom. The van der Waals surface area contributed by atoms with Crippen molar-refractivity contribution in [1.82, 2.24) is 0 Å². The molecule has 13 heavy (non-hydrogen) atoms. The van der Waals surface area contributed by atoms with Gasteiger partial charge in [0.1, 0.15) is 0 Å². The molecule has 0 bridgehead atoms. The van der Waals surface area contributed by atoms with E-state index in [9.17, 15) is 9.13 Å². The third kappa shape index (κ3) is 8.12.